The van der Waals surface area contributed by atoms with Crippen LogP contribution in [0.1, 0.15) is 42.4 Å². The van der Waals surface area contributed by atoms with E-state index in [0.29, 0.717) is 5.88 Å². The van der Waals surface area contributed by atoms with Crippen molar-refractivity contribution >= 4 is 5.97 Å². The summed E-state index contributed by atoms with van der Waals surface area (Å²) in [6.45, 7) is 8.10. The lowest BCUT2D eigenvalue weighted by Gasteiger charge is -2.13. The smallest absolute Gasteiger partial charge is 0.344 e. The van der Waals surface area contributed by atoms with Crippen LogP contribution >= 0.6 is 0 Å². The summed E-state index contributed by atoms with van der Waals surface area (Å²) < 4.78 is 20.5. The molecular formula is C21H21FN2O2. The first-order valence-corrected chi connectivity index (χ1v) is 8.39. The highest BCUT2D eigenvalue weighted by molar-refractivity contribution is 5.90. The summed E-state index contributed by atoms with van der Waals surface area (Å²) in [7, 11) is 0. The standard InChI is InChI=1S/C21H21FN2O2/c1-14-8-10-17(11-9-14)24-19(13-18(23-24)21(2,3)4)26-20(25)15-6-5-7-16(22)12-15/h5-13H,1-4H3. The Balaban J connectivity index is 2.00. The minimum Gasteiger partial charge on any atom is -0.404 e. The summed E-state index contributed by atoms with van der Waals surface area (Å²) in [6.07, 6.45) is 0. The van der Waals surface area contributed by atoms with Crippen LogP contribution in [0.2, 0.25) is 0 Å². The average Bonchev–Trinajstić information content (AvgIpc) is 2.99. The molecule has 1 aromatic heterocycles. The Morgan fingerprint density at radius 3 is 2.38 bits per heavy atom. The number of nitrogens with zero attached hydrogens (tertiary/aromatic N) is 2. The molecule has 3 aromatic rings. The summed E-state index contributed by atoms with van der Waals surface area (Å²) in [4.78, 5) is 12.4. The second-order valence-corrected chi connectivity index (χ2v) is 7.27. The van der Waals surface area contributed by atoms with E-state index in [0.717, 1.165) is 23.0 Å². The van der Waals surface area contributed by atoms with E-state index in [1.54, 1.807) is 10.7 Å². The van der Waals surface area contributed by atoms with Crippen LogP contribution in [0, 0.1) is 12.7 Å². The Bertz CT molecular complexity index is 937. The predicted octanol–water partition coefficient (Wildman–Crippen LogP) is 4.84. The number of aryl methyl sites for hydroxylation is 1. The number of esters is 1. The first-order valence-electron chi connectivity index (χ1n) is 8.39. The van der Waals surface area contributed by atoms with Gasteiger partial charge in [-0.2, -0.15) is 5.10 Å². The van der Waals surface area contributed by atoms with E-state index in [-0.39, 0.29) is 11.0 Å². The lowest BCUT2D eigenvalue weighted by molar-refractivity contribution is 0.0722. The molecule has 4 nitrogen and oxygen atoms in total. The molecule has 134 valence electrons. The zero-order valence-corrected chi connectivity index (χ0v) is 15.3. The lowest BCUT2D eigenvalue weighted by atomic mass is 9.93. The molecule has 0 aliphatic carbocycles. The van der Waals surface area contributed by atoms with Gasteiger partial charge in [0.05, 0.1) is 16.9 Å². The third-order valence-electron chi connectivity index (χ3n) is 3.98. The van der Waals surface area contributed by atoms with Gasteiger partial charge in [-0.15, -0.1) is 0 Å². The summed E-state index contributed by atoms with van der Waals surface area (Å²) >= 11 is 0. The van der Waals surface area contributed by atoms with Crippen molar-refractivity contribution in [3.63, 3.8) is 0 Å². The van der Waals surface area contributed by atoms with E-state index in [4.69, 9.17) is 4.74 Å². The predicted molar refractivity (Wildman–Crippen MR) is 98.4 cm³/mol. The minimum absolute atomic E-state index is 0.152. The lowest BCUT2D eigenvalue weighted by Crippen LogP contribution is -2.13. The maximum atomic E-state index is 13.4. The second-order valence-electron chi connectivity index (χ2n) is 7.27. The Labute approximate surface area is 152 Å². The fourth-order valence-electron chi connectivity index (χ4n) is 2.44. The van der Waals surface area contributed by atoms with Crippen molar-refractivity contribution in [2.75, 3.05) is 0 Å². The average molecular weight is 352 g/mol. The van der Waals surface area contributed by atoms with Crippen molar-refractivity contribution in [3.05, 3.63) is 77.2 Å². The molecule has 1 heterocycles. The van der Waals surface area contributed by atoms with Crippen LogP contribution < -0.4 is 4.74 Å². The Morgan fingerprint density at radius 2 is 1.77 bits per heavy atom. The molecule has 0 N–H and O–H groups in total. The van der Waals surface area contributed by atoms with Crippen LogP contribution in [-0.4, -0.2) is 15.7 Å². The summed E-state index contributed by atoms with van der Waals surface area (Å²) in [5.41, 5.74) is 2.64. The van der Waals surface area contributed by atoms with E-state index in [9.17, 15) is 9.18 Å². The Kier molecular flexibility index (Phi) is 4.64. The molecule has 0 bridgehead atoms. The molecule has 5 heteroatoms. The normalized spacial score (nSPS) is 11.4. The first-order chi connectivity index (χ1) is 12.2. The first kappa shape index (κ1) is 17.9. The molecule has 0 saturated carbocycles. The third kappa shape index (κ3) is 3.82. The number of carbonyl (C=O) groups excluding carboxylic acids is 1. The van der Waals surface area contributed by atoms with Gasteiger partial charge in [0.1, 0.15) is 5.82 Å². The van der Waals surface area contributed by atoms with E-state index in [1.807, 2.05) is 52.0 Å². The van der Waals surface area contributed by atoms with Crippen LogP contribution in [0.3, 0.4) is 0 Å². The third-order valence-corrected chi connectivity index (χ3v) is 3.98. The van der Waals surface area contributed by atoms with E-state index >= 15 is 0 Å². The number of rotatable bonds is 3. The van der Waals surface area contributed by atoms with Crippen molar-refractivity contribution in [3.8, 4) is 11.6 Å². The molecule has 0 radical (unpaired) electrons. The molecule has 3 rings (SSSR count). The molecule has 0 aliphatic rings. The maximum absolute atomic E-state index is 13.4. The van der Waals surface area contributed by atoms with E-state index < -0.39 is 11.8 Å². The van der Waals surface area contributed by atoms with E-state index in [2.05, 4.69) is 5.10 Å². The van der Waals surface area contributed by atoms with Crippen LogP contribution in [0.25, 0.3) is 5.69 Å². The molecule has 2 aromatic carbocycles. The number of carbonyl (C=O) groups is 1. The molecule has 0 unspecified atom stereocenters. The topological polar surface area (TPSA) is 44.1 Å². The number of aromatic nitrogens is 2. The Hall–Kier alpha value is -2.95. The molecule has 0 amide bonds. The molecule has 0 fully saturated rings. The van der Waals surface area contributed by atoms with Crippen LogP contribution in [0.5, 0.6) is 5.88 Å². The maximum Gasteiger partial charge on any atom is 0.344 e. The van der Waals surface area contributed by atoms with Crippen LogP contribution in [-0.2, 0) is 5.41 Å². The highest BCUT2D eigenvalue weighted by Gasteiger charge is 2.23. The molecule has 0 aliphatic heterocycles. The van der Waals surface area contributed by atoms with Gasteiger partial charge < -0.3 is 4.74 Å². The van der Waals surface area contributed by atoms with Gasteiger partial charge in [-0.25, -0.2) is 13.9 Å². The highest BCUT2D eigenvalue weighted by atomic mass is 19.1. The van der Waals surface area contributed by atoms with Gasteiger partial charge in [-0.05, 0) is 37.3 Å². The van der Waals surface area contributed by atoms with Crippen molar-refractivity contribution in [2.45, 2.75) is 33.1 Å². The number of halogens is 1. The highest BCUT2D eigenvalue weighted by Crippen LogP contribution is 2.28. The zero-order chi connectivity index (χ0) is 18.9. The van der Waals surface area contributed by atoms with Crippen molar-refractivity contribution in [2.24, 2.45) is 0 Å². The SMILES string of the molecule is Cc1ccc(-n2nc(C(C)(C)C)cc2OC(=O)c2cccc(F)c2)cc1. The fourth-order valence-corrected chi connectivity index (χ4v) is 2.44. The minimum atomic E-state index is -0.627. The second kappa shape index (κ2) is 6.75. The van der Waals surface area contributed by atoms with Gasteiger partial charge in [0, 0.05) is 11.5 Å². The van der Waals surface area contributed by atoms with Gasteiger partial charge in [-0.3, -0.25) is 0 Å². The molecule has 0 saturated heterocycles. The molecule has 26 heavy (non-hydrogen) atoms. The number of ether oxygens (including phenoxy) is 1. The van der Waals surface area contributed by atoms with Gasteiger partial charge >= 0.3 is 5.97 Å². The van der Waals surface area contributed by atoms with Gasteiger partial charge in [0.25, 0.3) is 0 Å². The largest absolute Gasteiger partial charge is 0.404 e. The van der Waals surface area contributed by atoms with Gasteiger partial charge in [-0.1, -0.05) is 44.5 Å². The monoisotopic (exact) mass is 352 g/mol. The Morgan fingerprint density at radius 1 is 1.08 bits per heavy atom. The van der Waals surface area contributed by atoms with Crippen molar-refractivity contribution in [1.82, 2.24) is 9.78 Å². The number of hydrogen-bond donors (Lipinski definition) is 0. The molecule has 0 atom stereocenters. The quantitative estimate of drug-likeness (QED) is 0.634. The fraction of sp³-hybridized carbons (Fsp3) is 0.238. The van der Waals surface area contributed by atoms with Crippen molar-refractivity contribution in [1.29, 1.82) is 0 Å². The van der Waals surface area contributed by atoms with Gasteiger partial charge in [0.15, 0.2) is 0 Å². The van der Waals surface area contributed by atoms with E-state index in [1.165, 1.54) is 18.2 Å². The van der Waals surface area contributed by atoms with Crippen LogP contribution in [0.15, 0.2) is 54.6 Å². The summed E-state index contributed by atoms with van der Waals surface area (Å²) in [6, 6.07) is 14.9. The number of hydrogen-bond acceptors (Lipinski definition) is 3. The number of benzene rings is 2. The zero-order valence-electron chi connectivity index (χ0n) is 15.3. The van der Waals surface area contributed by atoms with Crippen LogP contribution in [0.4, 0.5) is 4.39 Å². The summed E-state index contributed by atoms with van der Waals surface area (Å²) in [5.74, 6) is -0.812. The summed E-state index contributed by atoms with van der Waals surface area (Å²) in [5, 5.41) is 4.61. The molecule has 0 spiro atoms. The van der Waals surface area contributed by atoms with Gasteiger partial charge in [0.2, 0.25) is 5.88 Å². The van der Waals surface area contributed by atoms with Crippen molar-refractivity contribution < 1.29 is 13.9 Å². The molecular weight excluding hydrogens is 331 g/mol.